The van der Waals surface area contributed by atoms with Crippen molar-refractivity contribution >= 4 is 27.6 Å². The number of hydrogen-bond acceptors (Lipinski definition) is 3. The van der Waals surface area contributed by atoms with Crippen molar-refractivity contribution in [3.05, 3.63) is 22.7 Å². The van der Waals surface area contributed by atoms with Crippen LogP contribution >= 0.6 is 15.9 Å². The summed E-state index contributed by atoms with van der Waals surface area (Å²) in [5.41, 5.74) is 3.37. The van der Waals surface area contributed by atoms with Crippen molar-refractivity contribution in [2.75, 3.05) is 19.0 Å². The number of benzene rings is 1. The molecule has 1 aromatic carbocycles. The summed E-state index contributed by atoms with van der Waals surface area (Å²) in [7, 11) is 1.63. The van der Waals surface area contributed by atoms with E-state index >= 15 is 0 Å². The summed E-state index contributed by atoms with van der Waals surface area (Å²) in [5.74, 6) is 6.69. The predicted octanol–water partition coefficient (Wildman–Crippen LogP) is 2.10. The summed E-state index contributed by atoms with van der Waals surface area (Å²) < 4.78 is 6.07. The highest BCUT2D eigenvalue weighted by Gasteiger charge is 2.04. The Morgan fingerprint density at radius 2 is 2.29 bits per heavy atom. The molecule has 94 valence electrons. The highest BCUT2D eigenvalue weighted by Crippen LogP contribution is 2.26. The van der Waals surface area contributed by atoms with Crippen LogP contribution in [0, 0.1) is 0 Å². The number of nitrogens with two attached hydrogens (primary N) is 1. The first-order valence-corrected chi connectivity index (χ1v) is 6.12. The lowest BCUT2D eigenvalue weighted by atomic mass is 10.3. The number of nitrogens with zero attached hydrogens (tertiary/aromatic N) is 1. The smallest absolute Gasteiger partial charge is 0.210 e. The van der Waals surface area contributed by atoms with Gasteiger partial charge in [-0.2, -0.15) is 0 Å². The minimum absolute atomic E-state index is 0.529. The Labute approximate surface area is 110 Å². The summed E-state index contributed by atoms with van der Waals surface area (Å²) >= 11 is 3.44. The largest absolute Gasteiger partial charge is 0.497 e. The zero-order valence-corrected chi connectivity index (χ0v) is 11.5. The molecule has 0 radical (unpaired) electrons. The minimum Gasteiger partial charge on any atom is -0.497 e. The van der Waals surface area contributed by atoms with E-state index in [0.29, 0.717) is 12.5 Å². The average molecular weight is 301 g/mol. The van der Waals surface area contributed by atoms with Gasteiger partial charge in [0, 0.05) is 17.1 Å². The molecule has 4 N–H and O–H groups in total. The fourth-order valence-electron chi connectivity index (χ4n) is 1.20. The molecule has 0 unspecified atom stereocenters. The maximum atomic E-state index is 5.39. The van der Waals surface area contributed by atoms with E-state index in [0.717, 1.165) is 22.3 Å². The molecule has 17 heavy (non-hydrogen) atoms. The number of ether oxygens (including phenoxy) is 1. The van der Waals surface area contributed by atoms with Gasteiger partial charge in [-0.1, -0.05) is 6.92 Å². The van der Waals surface area contributed by atoms with E-state index in [2.05, 4.69) is 38.6 Å². The normalized spacial score (nSPS) is 11.2. The van der Waals surface area contributed by atoms with Crippen LogP contribution in [0.25, 0.3) is 0 Å². The van der Waals surface area contributed by atoms with Gasteiger partial charge in [-0.15, -0.1) is 0 Å². The van der Waals surface area contributed by atoms with E-state index in [1.54, 1.807) is 7.11 Å². The van der Waals surface area contributed by atoms with Gasteiger partial charge >= 0.3 is 0 Å². The fourth-order valence-corrected chi connectivity index (χ4v) is 1.55. The molecule has 0 saturated heterocycles. The van der Waals surface area contributed by atoms with Gasteiger partial charge in [0.05, 0.1) is 12.8 Å². The SMILES string of the molecule is CCCN=C(NN)Nc1cc(OC)ccc1Br. The molecule has 0 spiro atoms. The Morgan fingerprint density at radius 3 is 2.88 bits per heavy atom. The maximum Gasteiger partial charge on any atom is 0.210 e. The topological polar surface area (TPSA) is 71.7 Å². The van der Waals surface area contributed by atoms with Crippen molar-refractivity contribution in [1.82, 2.24) is 5.43 Å². The van der Waals surface area contributed by atoms with Gasteiger partial charge < -0.3 is 10.1 Å². The summed E-state index contributed by atoms with van der Waals surface area (Å²) in [4.78, 5) is 4.26. The van der Waals surface area contributed by atoms with Crippen LogP contribution in [-0.2, 0) is 0 Å². The van der Waals surface area contributed by atoms with Gasteiger partial charge in [0.1, 0.15) is 5.75 Å². The third-order valence-electron chi connectivity index (χ3n) is 2.06. The van der Waals surface area contributed by atoms with Crippen LogP contribution in [0.4, 0.5) is 5.69 Å². The molecule has 5 nitrogen and oxygen atoms in total. The van der Waals surface area contributed by atoms with Crippen molar-refractivity contribution in [1.29, 1.82) is 0 Å². The molecule has 0 heterocycles. The highest BCUT2D eigenvalue weighted by atomic mass is 79.9. The molecule has 0 saturated carbocycles. The van der Waals surface area contributed by atoms with Gasteiger partial charge in [-0.3, -0.25) is 10.4 Å². The zero-order valence-electron chi connectivity index (χ0n) is 9.96. The Morgan fingerprint density at radius 1 is 1.53 bits per heavy atom. The summed E-state index contributed by atoms with van der Waals surface area (Å²) in [6, 6.07) is 5.63. The van der Waals surface area contributed by atoms with Crippen molar-refractivity contribution < 1.29 is 4.74 Å². The van der Waals surface area contributed by atoms with Crippen LogP contribution in [0.1, 0.15) is 13.3 Å². The number of nitrogens with one attached hydrogen (secondary N) is 2. The Balaban J connectivity index is 2.84. The van der Waals surface area contributed by atoms with Crippen LogP contribution in [0.3, 0.4) is 0 Å². The van der Waals surface area contributed by atoms with Gasteiger partial charge in [0.25, 0.3) is 0 Å². The third kappa shape index (κ3) is 4.24. The first kappa shape index (κ1) is 13.8. The van der Waals surface area contributed by atoms with Gasteiger partial charge in [-0.25, -0.2) is 5.84 Å². The van der Waals surface area contributed by atoms with Crippen molar-refractivity contribution in [2.45, 2.75) is 13.3 Å². The number of guanidine groups is 1. The van der Waals surface area contributed by atoms with E-state index < -0.39 is 0 Å². The van der Waals surface area contributed by atoms with Gasteiger partial charge in [0.15, 0.2) is 0 Å². The monoisotopic (exact) mass is 300 g/mol. The second kappa shape index (κ2) is 7.13. The van der Waals surface area contributed by atoms with Crippen LogP contribution in [0.15, 0.2) is 27.7 Å². The average Bonchev–Trinajstić information content (AvgIpc) is 2.36. The molecule has 6 heteroatoms. The lowest BCUT2D eigenvalue weighted by Crippen LogP contribution is -2.36. The number of hydrazine groups is 1. The lowest BCUT2D eigenvalue weighted by molar-refractivity contribution is 0.415. The maximum absolute atomic E-state index is 5.39. The van der Waals surface area contributed by atoms with Crippen molar-refractivity contribution in [3.8, 4) is 5.75 Å². The number of anilines is 1. The number of rotatable bonds is 4. The molecule has 1 rings (SSSR count). The summed E-state index contributed by atoms with van der Waals surface area (Å²) in [6.07, 6.45) is 0.964. The second-order valence-corrected chi connectivity index (χ2v) is 4.20. The van der Waals surface area contributed by atoms with Crippen molar-refractivity contribution in [3.63, 3.8) is 0 Å². The standard InChI is InChI=1S/C11H17BrN4O/c1-3-6-14-11(16-13)15-10-7-8(17-2)4-5-9(10)12/h4-5,7H,3,6,13H2,1-2H3,(H2,14,15,16). The molecule has 0 aromatic heterocycles. The summed E-state index contributed by atoms with van der Waals surface area (Å²) in [5, 5.41) is 3.09. The number of hydrogen-bond donors (Lipinski definition) is 3. The first-order valence-electron chi connectivity index (χ1n) is 5.33. The second-order valence-electron chi connectivity index (χ2n) is 3.35. The van der Waals surface area contributed by atoms with Crippen LogP contribution < -0.4 is 21.3 Å². The van der Waals surface area contributed by atoms with E-state index in [9.17, 15) is 0 Å². The first-order chi connectivity index (χ1) is 8.21. The third-order valence-corrected chi connectivity index (χ3v) is 2.75. The predicted molar refractivity (Wildman–Crippen MR) is 74.2 cm³/mol. The number of halogens is 1. The highest BCUT2D eigenvalue weighted by molar-refractivity contribution is 9.10. The molecule has 0 fully saturated rings. The molecular formula is C11H17BrN4O. The van der Waals surface area contributed by atoms with Crippen molar-refractivity contribution in [2.24, 2.45) is 10.8 Å². The molecule has 0 atom stereocenters. The zero-order chi connectivity index (χ0) is 12.7. The molecule has 0 aliphatic carbocycles. The van der Waals surface area contributed by atoms with Crippen LogP contribution in [0.2, 0.25) is 0 Å². The van der Waals surface area contributed by atoms with Gasteiger partial charge in [0.2, 0.25) is 5.96 Å². The Kier molecular flexibility index (Phi) is 5.79. The molecule has 0 bridgehead atoms. The Bertz CT molecular complexity index is 395. The molecule has 0 aliphatic heterocycles. The molecule has 1 aromatic rings. The van der Waals surface area contributed by atoms with E-state index in [4.69, 9.17) is 10.6 Å². The number of methoxy groups -OCH3 is 1. The Hall–Kier alpha value is -1.27. The van der Waals surface area contributed by atoms with E-state index in [1.807, 2.05) is 18.2 Å². The number of aliphatic imine (C=N–C) groups is 1. The molecule has 0 amide bonds. The fraction of sp³-hybridized carbons (Fsp3) is 0.364. The summed E-state index contributed by atoms with van der Waals surface area (Å²) in [6.45, 7) is 2.77. The van der Waals surface area contributed by atoms with Crippen LogP contribution in [0.5, 0.6) is 5.75 Å². The van der Waals surface area contributed by atoms with E-state index in [1.165, 1.54) is 0 Å². The van der Waals surface area contributed by atoms with E-state index in [-0.39, 0.29) is 0 Å². The molecule has 0 aliphatic rings. The minimum atomic E-state index is 0.529. The molecular weight excluding hydrogens is 284 g/mol. The quantitative estimate of drug-likeness (QED) is 0.345. The van der Waals surface area contributed by atoms with Gasteiger partial charge in [-0.05, 0) is 34.5 Å². The lowest BCUT2D eigenvalue weighted by Gasteiger charge is -2.11. The van der Waals surface area contributed by atoms with Crippen LogP contribution in [-0.4, -0.2) is 19.6 Å².